The minimum atomic E-state index is -0.339. The first kappa shape index (κ1) is 12.8. The van der Waals surface area contributed by atoms with E-state index in [1.54, 1.807) is 6.07 Å². The summed E-state index contributed by atoms with van der Waals surface area (Å²) < 4.78 is 13.0. The molecule has 0 saturated carbocycles. The van der Waals surface area contributed by atoms with Crippen LogP contribution in [0, 0.1) is 5.82 Å². The topological polar surface area (TPSA) is 15.3 Å². The van der Waals surface area contributed by atoms with E-state index in [0.29, 0.717) is 0 Å². The molecule has 0 atom stereocenters. The molecule has 2 nitrogen and oxygen atoms in total. The molecule has 1 heterocycles. The molecule has 2 rings (SSSR count). The summed E-state index contributed by atoms with van der Waals surface area (Å²) in [5.41, 5.74) is 1.11. The van der Waals surface area contributed by atoms with E-state index in [2.05, 4.69) is 10.2 Å². The van der Waals surface area contributed by atoms with E-state index >= 15 is 0 Å². The van der Waals surface area contributed by atoms with Gasteiger partial charge in [0.05, 0.1) is 5.02 Å². The van der Waals surface area contributed by atoms with Gasteiger partial charge in [0.1, 0.15) is 5.82 Å². The number of hydrogen-bond acceptors (Lipinski definition) is 2. The predicted octanol–water partition coefficient (Wildman–Crippen LogP) is 2.32. The van der Waals surface area contributed by atoms with Crippen molar-refractivity contribution in [3.05, 3.63) is 34.6 Å². The van der Waals surface area contributed by atoms with Crippen LogP contribution in [0.4, 0.5) is 4.39 Å². The fraction of sp³-hybridized carbons (Fsp3) is 0.538. The van der Waals surface area contributed by atoms with Crippen molar-refractivity contribution in [3.8, 4) is 0 Å². The molecule has 0 spiro atoms. The summed E-state index contributed by atoms with van der Waals surface area (Å²) in [6, 6.07) is 4.99. The number of halogens is 2. The minimum absolute atomic E-state index is 0.222. The van der Waals surface area contributed by atoms with Gasteiger partial charge in [0.25, 0.3) is 0 Å². The number of benzene rings is 1. The Bertz CT molecular complexity index is 362. The summed E-state index contributed by atoms with van der Waals surface area (Å²) >= 11 is 5.76. The van der Waals surface area contributed by atoms with Crippen LogP contribution >= 0.6 is 11.6 Å². The lowest BCUT2D eigenvalue weighted by Crippen LogP contribution is -2.30. The Balaban J connectivity index is 1.85. The first-order valence-corrected chi connectivity index (χ1v) is 6.50. The normalized spacial score (nSPS) is 18.0. The summed E-state index contributed by atoms with van der Waals surface area (Å²) in [4.78, 5) is 2.44. The average Bonchev–Trinajstić information content (AvgIpc) is 2.59. The zero-order chi connectivity index (χ0) is 12.1. The Morgan fingerprint density at radius 3 is 3.00 bits per heavy atom. The quantitative estimate of drug-likeness (QED) is 0.893. The van der Waals surface area contributed by atoms with Crippen LogP contribution in [-0.4, -0.2) is 37.6 Å². The van der Waals surface area contributed by atoms with Crippen LogP contribution in [-0.2, 0) is 6.42 Å². The molecule has 0 aliphatic carbocycles. The number of nitrogens with zero attached hydrogens (tertiary/aromatic N) is 1. The van der Waals surface area contributed by atoms with Gasteiger partial charge in [-0.1, -0.05) is 17.7 Å². The van der Waals surface area contributed by atoms with E-state index in [-0.39, 0.29) is 10.8 Å². The van der Waals surface area contributed by atoms with Crippen molar-refractivity contribution in [1.82, 2.24) is 10.2 Å². The fourth-order valence-electron chi connectivity index (χ4n) is 2.11. The third-order valence-corrected chi connectivity index (χ3v) is 3.42. The molecule has 1 N–H and O–H groups in total. The summed E-state index contributed by atoms with van der Waals surface area (Å²) in [5, 5.41) is 3.60. The average molecular weight is 257 g/mol. The summed E-state index contributed by atoms with van der Waals surface area (Å²) in [6.07, 6.45) is 2.13. The van der Waals surface area contributed by atoms with Crippen molar-refractivity contribution >= 4 is 11.6 Å². The van der Waals surface area contributed by atoms with Gasteiger partial charge in [0, 0.05) is 19.6 Å². The highest BCUT2D eigenvalue weighted by Gasteiger charge is 2.08. The van der Waals surface area contributed by atoms with Crippen molar-refractivity contribution in [1.29, 1.82) is 0 Å². The van der Waals surface area contributed by atoms with E-state index in [0.717, 1.165) is 44.7 Å². The lowest BCUT2D eigenvalue weighted by molar-refractivity contribution is 0.296. The molecule has 0 bridgehead atoms. The maximum Gasteiger partial charge on any atom is 0.141 e. The Morgan fingerprint density at radius 2 is 2.18 bits per heavy atom. The number of hydrogen-bond donors (Lipinski definition) is 1. The summed E-state index contributed by atoms with van der Waals surface area (Å²) in [5.74, 6) is -0.339. The molecule has 0 aromatic heterocycles. The first-order valence-electron chi connectivity index (χ1n) is 6.13. The van der Waals surface area contributed by atoms with Crippen LogP contribution in [0.15, 0.2) is 18.2 Å². The second-order valence-electron chi connectivity index (χ2n) is 4.44. The lowest BCUT2D eigenvalue weighted by Gasteiger charge is -2.19. The summed E-state index contributed by atoms with van der Waals surface area (Å²) in [7, 11) is 0. The maximum atomic E-state index is 13.0. The molecule has 1 fully saturated rings. The highest BCUT2D eigenvalue weighted by Crippen LogP contribution is 2.16. The Morgan fingerprint density at radius 1 is 1.29 bits per heavy atom. The van der Waals surface area contributed by atoms with Crippen molar-refractivity contribution < 1.29 is 4.39 Å². The zero-order valence-electron chi connectivity index (χ0n) is 9.88. The molecule has 4 heteroatoms. The first-order chi connectivity index (χ1) is 8.25. The molecule has 1 saturated heterocycles. The van der Waals surface area contributed by atoms with Crippen molar-refractivity contribution in [3.63, 3.8) is 0 Å². The van der Waals surface area contributed by atoms with E-state index in [9.17, 15) is 4.39 Å². The van der Waals surface area contributed by atoms with Crippen LogP contribution in [0.1, 0.15) is 12.0 Å². The SMILES string of the molecule is Fc1ccc(CCN2CCCNCC2)cc1Cl. The summed E-state index contributed by atoms with van der Waals surface area (Å²) in [6.45, 7) is 5.42. The largest absolute Gasteiger partial charge is 0.315 e. The minimum Gasteiger partial charge on any atom is -0.315 e. The molecule has 0 unspecified atom stereocenters. The van der Waals surface area contributed by atoms with Gasteiger partial charge in [0.2, 0.25) is 0 Å². The number of rotatable bonds is 3. The van der Waals surface area contributed by atoms with E-state index in [4.69, 9.17) is 11.6 Å². The van der Waals surface area contributed by atoms with E-state index in [1.807, 2.05) is 6.07 Å². The van der Waals surface area contributed by atoms with Gasteiger partial charge < -0.3 is 10.2 Å². The Labute approximate surface area is 107 Å². The molecule has 94 valence electrons. The molecular formula is C13H18ClFN2. The molecule has 1 aliphatic heterocycles. The van der Waals surface area contributed by atoms with Crippen molar-refractivity contribution in [2.75, 3.05) is 32.7 Å². The maximum absolute atomic E-state index is 13.0. The van der Waals surface area contributed by atoms with Crippen molar-refractivity contribution in [2.45, 2.75) is 12.8 Å². The molecule has 1 aromatic carbocycles. The second kappa shape index (κ2) is 6.34. The van der Waals surface area contributed by atoms with Crippen LogP contribution in [0.2, 0.25) is 5.02 Å². The molecular weight excluding hydrogens is 239 g/mol. The lowest BCUT2D eigenvalue weighted by atomic mass is 10.1. The molecule has 1 aromatic rings. The Kier molecular flexibility index (Phi) is 4.77. The van der Waals surface area contributed by atoms with Crippen LogP contribution in [0.3, 0.4) is 0 Å². The predicted molar refractivity (Wildman–Crippen MR) is 69.0 cm³/mol. The van der Waals surface area contributed by atoms with Gasteiger partial charge in [-0.2, -0.15) is 0 Å². The third kappa shape index (κ3) is 3.95. The van der Waals surface area contributed by atoms with E-state index in [1.165, 1.54) is 12.5 Å². The van der Waals surface area contributed by atoms with Crippen LogP contribution in [0.5, 0.6) is 0 Å². The Hall–Kier alpha value is -0.640. The zero-order valence-corrected chi connectivity index (χ0v) is 10.6. The third-order valence-electron chi connectivity index (χ3n) is 3.13. The van der Waals surface area contributed by atoms with Crippen LogP contribution in [0.25, 0.3) is 0 Å². The smallest absolute Gasteiger partial charge is 0.141 e. The standard InChI is InChI=1S/C13H18ClFN2/c14-12-10-11(2-3-13(12)15)4-8-17-7-1-5-16-6-9-17/h2-3,10,16H,1,4-9H2. The van der Waals surface area contributed by atoms with Gasteiger partial charge in [-0.25, -0.2) is 4.39 Å². The van der Waals surface area contributed by atoms with Gasteiger partial charge in [0.15, 0.2) is 0 Å². The van der Waals surface area contributed by atoms with Crippen LogP contribution < -0.4 is 5.32 Å². The molecule has 0 radical (unpaired) electrons. The molecule has 0 amide bonds. The molecule has 1 aliphatic rings. The monoisotopic (exact) mass is 256 g/mol. The fourth-order valence-corrected chi connectivity index (χ4v) is 2.31. The van der Waals surface area contributed by atoms with Crippen molar-refractivity contribution in [2.24, 2.45) is 0 Å². The highest BCUT2D eigenvalue weighted by atomic mass is 35.5. The van der Waals surface area contributed by atoms with Gasteiger partial charge in [-0.05, 0) is 43.6 Å². The van der Waals surface area contributed by atoms with Gasteiger partial charge in [-0.15, -0.1) is 0 Å². The highest BCUT2D eigenvalue weighted by molar-refractivity contribution is 6.30. The number of nitrogens with one attached hydrogen (secondary N) is 1. The van der Waals surface area contributed by atoms with Gasteiger partial charge >= 0.3 is 0 Å². The van der Waals surface area contributed by atoms with E-state index < -0.39 is 0 Å². The second-order valence-corrected chi connectivity index (χ2v) is 4.85. The molecule has 17 heavy (non-hydrogen) atoms. The van der Waals surface area contributed by atoms with Gasteiger partial charge in [-0.3, -0.25) is 0 Å².